The van der Waals surface area contributed by atoms with Gasteiger partial charge >= 0.3 is 0 Å². The number of rotatable bonds is 6. The number of aromatic hydroxyl groups is 2. The van der Waals surface area contributed by atoms with Crippen molar-refractivity contribution in [2.24, 2.45) is 11.7 Å². The molecule has 1 saturated heterocycles. The molecule has 1 aliphatic heterocycles. The van der Waals surface area contributed by atoms with E-state index in [-0.39, 0.29) is 5.54 Å². The fraction of sp³-hybridized carbons (Fsp3) is 0.429. The highest BCUT2D eigenvalue weighted by Gasteiger charge is 2.45. The molecule has 3 rings (SSSR count). The summed E-state index contributed by atoms with van der Waals surface area (Å²) in [6.07, 6.45) is 3.84. The molecule has 2 aromatic carbocycles. The zero-order valence-electron chi connectivity index (χ0n) is 14.9. The van der Waals surface area contributed by atoms with Crippen LogP contribution in [-0.2, 0) is 12.8 Å². The molecule has 0 aliphatic carbocycles. The lowest BCUT2D eigenvalue weighted by molar-refractivity contribution is 0.118. The summed E-state index contributed by atoms with van der Waals surface area (Å²) in [5, 5.41) is 19.6. The van der Waals surface area contributed by atoms with Gasteiger partial charge in [0.1, 0.15) is 11.5 Å². The molecule has 4 nitrogen and oxygen atoms in total. The number of phenolic OH excluding ortho intramolecular Hbond substituents is 2. The molecule has 0 saturated carbocycles. The van der Waals surface area contributed by atoms with E-state index in [9.17, 15) is 10.2 Å². The molecule has 134 valence electrons. The average molecular weight is 340 g/mol. The summed E-state index contributed by atoms with van der Waals surface area (Å²) in [4.78, 5) is 2.44. The van der Waals surface area contributed by atoms with Crippen LogP contribution in [0.3, 0.4) is 0 Å². The molecule has 0 bridgehead atoms. The monoisotopic (exact) mass is 340 g/mol. The first-order valence-electron chi connectivity index (χ1n) is 9.00. The van der Waals surface area contributed by atoms with Crippen molar-refractivity contribution in [2.45, 2.75) is 31.2 Å². The Bertz CT molecular complexity index is 719. The van der Waals surface area contributed by atoms with Crippen LogP contribution >= 0.6 is 0 Å². The largest absolute Gasteiger partial charge is 0.508 e. The van der Waals surface area contributed by atoms with Crippen LogP contribution in [0, 0.1) is 5.92 Å². The molecule has 0 spiro atoms. The van der Waals surface area contributed by atoms with Crippen LogP contribution in [0.15, 0.2) is 48.5 Å². The average Bonchev–Trinajstić information content (AvgIpc) is 2.85. The number of likely N-dealkylation sites (N-methyl/N-ethyl adjacent to an activating group) is 1. The molecule has 4 heteroatoms. The van der Waals surface area contributed by atoms with E-state index in [2.05, 4.69) is 24.1 Å². The van der Waals surface area contributed by atoms with E-state index in [0.29, 0.717) is 24.0 Å². The zero-order chi connectivity index (χ0) is 17.9. The van der Waals surface area contributed by atoms with Gasteiger partial charge in [0.15, 0.2) is 0 Å². The maximum Gasteiger partial charge on any atom is 0.115 e. The summed E-state index contributed by atoms with van der Waals surface area (Å²) in [6.45, 7) is 1.68. The lowest BCUT2D eigenvalue weighted by atomic mass is 9.74. The second-order valence-electron chi connectivity index (χ2n) is 7.27. The number of hydrogen-bond donors (Lipinski definition) is 3. The first kappa shape index (κ1) is 17.8. The Balaban J connectivity index is 1.89. The van der Waals surface area contributed by atoms with Crippen molar-refractivity contribution >= 4 is 0 Å². The molecule has 1 aliphatic rings. The van der Waals surface area contributed by atoms with Crippen molar-refractivity contribution < 1.29 is 10.2 Å². The van der Waals surface area contributed by atoms with E-state index in [1.54, 1.807) is 12.1 Å². The summed E-state index contributed by atoms with van der Waals surface area (Å²) in [5.41, 5.74) is 8.29. The molecule has 2 atom stereocenters. The van der Waals surface area contributed by atoms with Crippen LogP contribution in [0.5, 0.6) is 11.5 Å². The number of hydrogen-bond acceptors (Lipinski definition) is 4. The van der Waals surface area contributed by atoms with Crippen LogP contribution in [0.4, 0.5) is 0 Å². The molecule has 0 radical (unpaired) electrons. The first-order chi connectivity index (χ1) is 12.0. The standard InChI is InChI=1S/C21H28N2O2/c1-23-11-8-18(12-16-4-2-6-19(24)13-16)21(23,9-10-22)15-17-5-3-7-20(25)14-17/h2-7,13-14,18,24-25H,8-12,15,22H2,1H3/t18?,21-/m1/s1. The molecule has 4 N–H and O–H groups in total. The van der Waals surface area contributed by atoms with Gasteiger partial charge in [-0.15, -0.1) is 0 Å². The highest BCUT2D eigenvalue weighted by atomic mass is 16.3. The minimum absolute atomic E-state index is 0.0198. The number of benzene rings is 2. The van der Waals surface area contributed by atoms with E-state index in [1.807, 2.05) is 24.3 Å². The fourth-order valence-electron chi connectivity index (χ4n) is 4.45. The Kier molecular flexibility index (Phi) is 5.30. The van der Waals surface area contributed by atoms with Gasteiger partial charge in [-0.2, -0.15) is 0 Å². The van der Waals surface area contributed by atoms with Crippen molar-refractivity contribution in [2.75, 3.05) is 20.1 Å². The van der Waals surface area contributed by atoms with E-state index in [4.69, 9.17) is 5.73 Å². The third kappa shape index (κ3) is 3.80. The molecule has 0 amide bonds. The van der Waals surface area contributed by atoms with Crippen molar-refractivity contribution in [3.63, 3.8) is 0 Å². The van der Waals surface area contributed by atoms with Crippen molar-refractivity contribution in [1.29, 1.82) is 0 Å². The number of likely N-dealkylation sites (tertiary alicyclic amines) is 1. The maximum atomic E-state index is 9.83. The van der Waals surface area contributed by atoms with Gasteiger partial charge in [0.2, 0.25) is 0 Å². The molecule has 1 unspecified atom stereocenters. The van der Waals surface area contributed by atoms with E-state index in [0.717, 1.165) is 43.4 Å². The van der Waals surface area contributed by atoms with Gasteiger partial charge in [0.25, 0.3) is 0 Å². The Labute approximate surface area is 149 Å². The summed E-state index contributed by atoms with van der Waals surface area (Å²) in [7, 11) is 2.18. The van der Waals surface area contributed by atoms with Crippen LogP contribution in [0.2, 0.25) is 0 Å². The second-order valence-corrected chi connectivity index (χ2v) is 7.27. The molecular weight excluding hydrogens is 312 g/mol. The van der Waals surface area contributed by atoms with Crippen molar-refractivity contribution in [1.82, 2.24) is 4.90 Å². The molecule has 25 heavy (non-hydrogen) atoms. The predicted octanol–water partition coefficient (Wildman–Crippen LogP) is 2.92. The van der Waals surface area contributed by atoms with Gasteiger partial charge in [0, 0.05) is 5.54 Å². The highest BCUT2D eigenvalue weighted by Crippen LogP contribution is 2.41. The van der Waals surface area contributed by atoms with Gasteiger partial charge in [-0.1, -0.05) is 24.3 Å². The SMILES string of the molecule is CN1CCC(Cc2cccc(O)c2)[C@@]1(CCN)Cc1cccc(O)c1. The smallest absolute Gasteiger partial charge is 0.115 e. The normalized spacial score (nSPS) is 23.8. The van der Waals surface area contributed by atoms with Gasteiger partial charge in [-0.05, 0) is 87.1 Å². The van der Waals surface area contributed by atoms with Crippen molar-refractivity contribution in [3.05, 3.63) is 59.7 Å². The predicted molar refractivity (Wildman–Crippen MR) is 101 cm³/mol. The highest BCUT2D eigenvalue weighted by molar-refractivity contribution is 5.31. The van der Waals surface area contributed by atoms with Gasteiger partial charge in [-0.25, -0.2) is 0 Å². The fourth-order valence-corrected chi connectivity index (χ4v) is 4.45. The second kappa shape index (κ2) is 7.46. The van der Waals surface area contributed by atoms with E-state index >= 15 is 0 Å². The van der Waals surface area contributed by atoms with E-state index in [1.165, 1.54) is 0 Å². The summed E-state index contributed by atoms with van der Waals surface area (Å²) in [5.74, 6) is 1.09. The molecule has 1 heterocycles. The molecular formula is C21H28N2O2. The quantitative estimate of drug-likeness (QED) is 0.756. The minimum atomic E-state index is -0.0198. The van der Waals surface area contributed by atoms with Crippen molar-refractivity contribution in [3.8, 4) is 11.5 Å². The summed E-state index contributed by atoms with van der Waals surface area (Å²) >= 11 is 0. The molecule has 1 fully saturated rings. The van der Waals surface area contributed by atoms with Gasteiger partial charge < -0.3 is 20.8 Å². The number of nitrogens with zero attached hydrogens (tertiary/aromatic N) is 1. The van der Waals surface area contributed by atoms with Gasteiger partial charge in [-0.3, -0.25) is 0 Å². The number of nitrogens with two attached hydrogens (primary N) is 1. The topological polar surface area (TPSA) is 69.7 Å². The third-order valence-corrected chi connectivity index (χ3v) is 5.72. The summed E-state index contributed by atoms with van der Waals surface area (Å²) in [6, 6.07) is 15.1. The van der Waals surface area contributed by atoms with Crippen LogP contribution in [-0.4, -0.2) is 40.8 Å². The minimum Gasteiger partial charge on any atom is -0.508 e. The van der Waals surface area contributed by atoms with Crippen LogP contribution in [0.25, 0.3) is 0 Å². The maximum absolute atomic E-state index is 9.83. The Hall–Kier alpha value is -2.04. The Morgan fingerprint density at radius 2 is 1.72 bits per heavy atom. The zero-order valence-corrected chi connectivity index (χ0v) is 14.9. The lowest BCUT2D eigenvalue weighted by Gasteiger charge is -2.41. The Morgan fingerprint density at radius 3 is 2.36 bits per heavy atom. The summed E-state index contributed by atoms with van der Waals surface area (Å²) < 4.78 is 0. The van der Waals surface area contributed by atoms with Crippen LogP contribution < -0.4 is 5.73 Å². The van der Waals surface area contributed by atoms with E-state index < -0.39 is 0 Å². The van der Waals surface area contributed by atoms with Crippen LogP contribution in [0.1, 0.15) is 24.0 Å². The molecule has 2 aromatic rings. The third-order valence-electron chi connectivity index (χ3n) is 5.72. The lowest BCUT2D eigenvalue weighted by Crippen LogP contribution is -2.50. The number of phenols is 2. The van der Waals surface area contributed by atoms with Gasteiger partial charge in [0.05, 0.1) is 0 Å². The Morgan fingerprint density at radius 1 is 1.08 bits per heavy atom. The molecule has 0 aromatic heterocycles. The first-order valence-corrected chi connectivity index (χ1v) is 9.00.